The van der Waals surface area contributed by atoms with Gasteiger partial charge in [0.1, 0.15) is 18.8 Å². The van der Waals surface area contributed by atoms with Crippen molar-refractivity contribution < 1.29 is 47.9 Å². The van der Waals surface area contributed by atoms with Gasteiger partial charge in [-0.05, 0) is 44.8 Å². The molecule has 12 atom stereocenters. The van der Waals surface area contributed by atoms with Gasteiger partial charge in [0.25, 0.3) is 0 Å². The van der Waals surface area contributed by atoms with Gasteiger partial charge in [-0.2, -0.15) is 0 Å². The maximum Gasteiger partial charge on any atom is 0.334 e. The predicted molar refractivity (Wildman–Crippen MR) is 157 cm³/mol. The normalized spacial score (nSPS) is 46.4. The first-order valence-electron chi connectivity index (χ1n) is 15.8. The Bertz CT molecular complexity index is 1350. The number of carbonyl (C=O) groups is 3. The third-order valence-electron chi connectivity index (χ3n) is 12.3. The fraction of sp³-hybridized carbons (Fsp3) is 0.735. The minimum Gasteiger partial charge on any atom is -0.462 e. The van der Waals surface area contributed by atoms with Crippen LogP contribution < -0.4 is 0 Å². The lowest BCUT2D eigenvalue weighted by Crippen LogP contribution is -2.72. The van der Waals surface area contributed by atoms with Gasteiger partial charge in [0.05, 0.1) is 24.9 Å². The molecule has 6 aliphatic rings. The Kier molecular flexibility index (Phi) is 7.71. The summed E-state index contributed by atoms with van der Waals surface area (Å²) >= 11 is 0. The Morgan fingerprint density at radius 1 is 1.11 bits per heavy atom. The van der Waals surface area contributed by atoms with Crippen molar-refractivity contribution in [2.24, 2.45) is 34.0 Å². The number of fused-ring (bicyclic) bond motifs is 4. The highest BCUT2D eigenvalue weighted by molar-refractivity contribution is 5.92. The zero-order chi connectivity index (χ0) is 31.9. The number of aliphatic hydroxyl groups excluding tert-OH is 1. The minimum atomic E-state index is -0.861. The number of aliphatic hydroxyl groups is 1. The van der Waals surface area contributed by atoms with E-state index < -0.39 is 65.0 Å². The van der Waals surface area contributed by atoms with Gasteiger partial charge in [0, 0.05) is 66.1 Å². The molecule has 2 saturated carbocycles. The number of hydrogen-bond donors (Lipinski definition) is 1. The van der Waals surface area contributed by atoms with Crippen molar-refractivity contribution in [1.82, 2.24) is 0 Å². The maximum atomic E-state index is 13.6. The minimum absolute atomic E-state index is 0.225. The van der Waals surface area contributed by atoms with E-state index in [4.69, 9.17) is 28.4 Å². The Labute approximate surface area is 259 Å². The largest absolute Gasteiger partial charge is 0.462 e. The SMILES string of the molecule is C/C=C(\C)C(=O)O[C@@H]1[C@@H]2OC[C@]3(C)[C@H](OC(C)=O)C[C@H](O)[C@@](C)([C@@H]23)[C@H]2C[C@H](OC)O[C@H]3C[C@@H](C4=CCOC4=O)C(C)=C3[C@]12C. The first kappa shape index (κ1) is 31.5. The van der Waals surface area contributed by atoms with Gasteiger partial charge < -0.3 is 33.5 Å². The van der Waals surface area contributed by atoms with Gasteiger partial charge in [-0.25, -0.2) is 9.59 Å². The third kappa shape index (κ3) is 4.23. The van der Waals surface area contributed by atoms with Crippen LogP contribution in [0.1, 0.15) is 67.7 Å². The molecule has 0 spiro atoms. The number of rotatable bonds is 5. The molecule has 4 fully saturated rings. The summed E-state index contributed by atoms with van der Waals surface area (Å²) in [7, 11) is 1.62. The average Bonchev–Trinajstić information content (AvgIpc) is 3.63. The molecule has 0 aromatic heterocycles. The molecule has 0 unspecified atom stereocenters. The van der Waals surface area contributed by atoms with E-state index in [1.54, 1.807) is 27.0 Å². The number of cyclic esters (lactones) is 1. The Morgan fingerprint density at radius 2 is 1.84 bits per heavy atom. The average molecular weight is 615 g/mol. The summed E-state index contributed by atoms with van der Waals surface area (Å²) in [6.45, 7) is 13.7. The number of hydrogen-bond acceptors (Lipinski definition) is 10. The van der Waals surface area contributed by atoms with Crippen LogP contribution in [-0.4, -0.2) is 80.1 Å². The van der Waals surface area contributed by atoms with Crippen molar-refractivity contribution >= 4 is 17.9 Å². The molecule has 44 heavy (non-hydrogen) atoms. The number of carbonyl (C=O) groups excluding carboxylic acids is 3. The molecule has 10 nitrogen and oxygen atoms in total. The van der Waals surface area contributed by atoms with Crippen LogP contribution in [0.25, 0.3) is 0 Å². The number of methoxy groups -OCH3 is 1. The summed E-state index contributed by atoms with van der Waals surface area (Å²) in [6.07, 6.45) is 0.999. The molecular formula is C34H46O10. The van der Waals surface area contributed by atoms with Crippen LogP contribution in [0.5, 0.6) is 0 Å². The highest BCUT2D eigenvalue weighted by atomic mass is 16.7. The lowest BCUT2D eigenvalue weighted by atomic mass is 9.39. The molecule has 0 bridgehead atoms. The lowest BCUT2D eigenvalue weighted by Gasteiger charge is -2.66. The van der Waals surface area contributed by atoms with Crippen LogP contribution in [0.3, 0.4) is 0 Å². The van der Waals surface area contributed by atoms with Crippen molar-refractivity contribution in [3.05, 3.63) is 34.4 Å². The van der Waals surface area contributed by atoms with Crippen molar-refractivity contribution in [3.63, 3.8) is 0 Å². The molecule has 3 aliphatic heterocycles. The maximum absolute atomic E-state index is 13.6. The first-order chi connectivity index (χ1) is 20.7. The molecule has 1 N–H and O–H groups in total. The van der Waals surface area contributed by atoms with E-state index in [0.29, 0.717) is 24.0 Å². The summed E-state index contributed by atoms with van der Waals surface area (Å²) in [5, 5.41) is 12.2. The van der Waals surface area contributed by atoms with Crippen LogP contribution in [0.4, 0.5) is 0 Å². The third-order valence-corrected chi connectivity index (χ3v) is 12.3. The Balaban J connectivity index is 1.58. The molecule has 242 valence electrons. The molecule has 0 aromatic carbocycles. The zero-order valence-electron chi connectivity index (χ0n) is 27.0. The fourth-order valence-electron chi connectivity index (χ4n) is 10.2. The van der Waals surface area contributed by atoms with Gasteiger partial charge in [0.2, 0.25) is 0 Å². The molecule has 6 rings (SSSR count). The molecule has 0 amide bonds. The van der Waals surface area contributed by atoms with E-state index in [1.807, 2.05) is 13.0 Å². The van der Waals surface area contributed by atoms with E-state index in [1.165, 1.54) is 6.92 Å². The van der Waals surface area contributed by atoms with Gasteiger partial charge in [0.15, 0.2) is 6.29 Å². The van der Waals surface area contributed by atoms with Crippen LogP contribution >= 0.6 is 0 Å². The van der Waals surface area contributed by atoms with Crippen molar-refractivity contribution in [3.8, 4) is 0 Å². The fourth-order valence-corrected chi connectivity index (χ4v) is 10.2. The van der Waals surface area contributed by atoms with E-state index in [0.717, 1.165) is 11.1 Å². The van der Waals surface area contributed by atoms with Crippen LogP contribution in [0.2, 0.25) is 0 Å². The molecule has 3 heterocycles. The summed E-state index contributed by atoms with van der Waals surface area (Å²) in [4.78, 5) is 38.6. The molecule has 2 saturated heterocycles. The zero-order valence-corrected chi connectivity index (χ0v) is 27.0. The molecule has 0 radical (unpaired) electrons. The highest BCUT2D eigenvalue weighted by Crippen LogP contribution is 2.72. The van der Waals surface area contributed by atoms with Gasteiger partial charge in [-0.1, -0.05) is 32.4 Å². The highest BCUT2D eigenvalue weighted by Gasteiger charge is 2.77. The van der Waals surface area contributed by atoms with Crippen molar-refractivity contribution in [2.45, 2.75) is 105 Å². The summed E-state index contributed by atoms with van der Waals surface area (Å²) in [5.74, 6) is -2.01. The second-order valence-corrected chi connectivity index (χ2v) is 14.3. The molecule has 10 heteroatoms. The monoisotopic (exact) mass is 614 g/mol. The van der Waals surface area contributed by atoms with E-state index >= 15 is 0 Å². The van der Waals surface area contributed by atoms with Gasteiger partial charge in [-0.15, -0.1) is 0 Å². The second kappa shape index (κ2) is 10.8. The smallest absolute Gasteiger partial charge is 0.334 e. The Morgan fingerprint density at radius 3 is 2.45 bits per heavy atom. The molecule has 3 aliphatic carbocycles. The number of ether oxygens (including phenoxy) is 6. The van der Waals surface area contributed by atoms with Crippen molar-refractivity contribution in [1.29, 1.82) is 0 Å². The topological polar surface area (TPSA) is 127 Å². The quantitative estimate of drug-likeness (QED) is 0.211. The van der Waals surface area contributed by atoms with Crippen LogP contribution in [0.15, 0.2) is 34.4 Å². The Hall–Kier alpha value is -2.53. The van der Waals surface area contributed by atoms with Gasteiger partial charge in [-0.3, -0.25) is 4.79 Å². The van der Waals surface area contributed by atoms with E-state index in [2.05, 4.69) is 20.8 Å². The standard InChI is InChI=1S/C34H46O10/c1-9-16(2)30(37)44-29-27-28-32(5,15-41-27)24(42-18(4)35)14-23(36)33(28,6)22-13-25(39-8)43-21-12-20(19-10-11-40-31(19)38)17(3)26(21)34(22,29)7/h9-10,20-25,27-29,36H,11-15H2,1-8H3/b16-9+/t20-,21+,22-,23+,24-,25-,27-,28+,29-,32-,33+,34-/m1/s1. The number of allylic oxidation sites excluding steroid dienone is 2. The first-order valence-corrected chi connectivity index (χ1v) is 15.8. The van der Waals surface area contributed by atoms with Gasteiger partial charge >= 0.3 is 17.9 Å². The summed E-state index contributed by atoms with van der Waals surface area (Å²) < 4.78 is 37.0. The lowest BCUT2D eigenvalue weighted by molar-refractivity contribution is -0.259. The van der Waals surface area contributed by atoms with Crippen molar-refractivity contribution in [2.75, 3.05) is 20.3 Å². The van der Waals surface area contributed by atoms with E-state index in [9.17, 15) is 19.5 Å². The van der Waals surface area contributed by atoms with Crippen LogP contribution in [0, 0.1) is 34.0 Å². The second-order valence-electron chi connectivity index (χ2n) is 14.3. The molecule has 0 aromatic rings. The molecular weight excluding hydrogens is 568 g/mol. The number of esters is 3. The summed E-state index contributed by atoms with van der Waals surface area (Å²) in [5.41, 5.74) is 0.789. The summed E-state index contributed by atoms with van der Waals surface area (Å²) in [6, 6.07) is 0. The van der Waals surface area contributed by atoms with Crippen LogP contribution in [-0.2, 0) is 42.8 Å². The van der Waals surface area contributed by atoms with E-state index in [-0.39, 0.29) is 43.4 Å². The predicted octanol–water partition coefficient (Wildman–Crippen LogP) is 3.81.